The van der Waals surface area contributed by atoms with E-state index < -0.39 is 17.6 Å². The average Bonchev–Trinajstić information content (AvgIpc) is 3.25. The Hall–Kier alpha value is -3.88. The van der Waals surface area contributed by atoms with Crippen LogP contribution in [-0.2, 0) is 4.79 Å². The molecule has 0 saturated heterocycles. The van der Waals surface area contributed by atoms with Crippen LogP contribution in [0.1, 0.15) is 32.1 Å². The second kappa shape index (κ2) is 9.72. The fourth-order valence-corrected chi connectivity index (χ4v) is 3.80. The lowest BCUT2D eigenvalue weighted by Gasteiger charge is -2.16. The summed E-state index contributed by atoms with van der Waals surface area (Å²) in [5, 5.41) is 8.54. The zero-order chi connectivity index (χ0) is 23.4. The summed E-state index contributed by atoms with van der Waals surface area (Å²) in [5.41, 5.74) is 2.25. The molecule has 0 unspecified atom stereocenters. The molecule has 7 nitrogen and oxygen atoms in total. The van der Waals surface area contributed by atoms with E-state index in [0.29, 0.717) is 17.1 Å². The molecule has 170 valence electrons. The lowest BCUT2D eigenvalue weighted by molar-refractivity contribution is -0.142. The number of H-pyrrole nitrogens is 2. The Morgan fingerprint density at radius 3 is 2.39 bits per heavy atom. The number of imidazole rings is 1. The van der Waals surface area contributed by atoms with Crippen molar-refractivity contribution in [1.82, 2.24) is 19.9 Å². The molecule has 1 aliphatic carbocycles. The molecule has 0 amide bonds. The van der Waals surface area contributed by atoms with Crippen LogP contribution in [0.4, 0.5) is 8.78 Å². The third-order valence-electron chi connectivity index (χ3n) is 5.58. The summed E-state index contributed by atoms with van der Waals surface area (Å²) >= 11 is 0. The number of hydrogen-bond acceptors (Lipinski definition) is 4. The number of aromatic nitrogens is 4. The van der Waals surface area contributed by atoms with Crippen molar-refractivity contribution in [2.75, 3.05) is 0 Å². The van der Waals surface area contributed by atoms with Crippen molar-refractivity contribution >= 4 is 17.0 Å². The normalized spacial score (nSPS) is 14.0. The van der Waals surface area contributed by atoms with Gasteiger partial charge in [-0.25, -0.2) is 13.8 Å². The van der Waals surface area contributed by atoms with Gasteiger partial charge in [0.25, 0.3) is 0 Å². The first-order valence-corrected chi connectivity index (χ1v) is 10.6. The van der Waals surface area contributed by atoms with Gasteiger partial charge in [0.2, 0.25) is 5.56 Å². The molecule has 3 aromatic heterocycles. The summed E-state index contributed by atoms with van der Waals surface area (Å²) in [6, 6.07) is 8.59. The van der Waals surface area contributed by atoms with E-state index >= 15 is 0 Å². The molecule has 33 heavy (non-hydrogen) atoms. The second-order valence-electron chi connectivity index (χ2n) is 7.92. The highest BCUT2D eigenvalue weighted by Crippen LogP contribution is 2.25. The van der Waals surface area contributed by atoms with Gasteiger partial charge < -0.3 is 15.1 Å². The minimum atomic E-state index is -0.717. The van der Waals surface area contributed by atoms with Crippen LogP contribution in [0.5, 0.6) is 0 Å². The Morgan fingerprint density at radius 2 is 1.79 bits per heavy atom. The highest BCUT2D eigenvalue weighted by atomic mass is 19.1. The molecule has 0 atom stereocenters. The van der Waals surface area contributed by atoms with Gasteiger partial charge in [0, 0.05) is 35.7 Å². The predicted molar refractivity (Wildman–Crippen MR) is 120 cm³/mol. The fourth-order valence-electron chi connectivity index (χ4n) is 3.80. The number of aromatic amines is 2. The molecule has 1 fully saturated rings. The summed E-state index contributed by atoms with van der Waals surface area (Å²) in [6.07, 6.45) is 8.39. The first kappa shape index (κ1) is 22.3. The first-order chi connectivity index (χ1) is 15.9. The van der Waals surface area contributed by atoms with Gasteiger partial charge in [-0.1, -0.05) is 19.3 Å². The third kappa shape index (κ3) is 5.31. The predicted octanol–water partition coefficient (Wildman–Crippen LogP) is 4.91. The lowest BCUT2D eigenvalue weighted by Crippen LogP contribution is -2.16. The minimum absolute atomic E-state index is 0.0289. The van der Waals surface area contributed by atoms with Crippen molar-refractivity contribution in [2.45, 2.75) is 32.1 Å². The average molecular weight is 452 g/mol. The zero-order valence-corrected chi connectivity index (χ0v) is 17.6. The van der Waals surface area contributed by atoms with Crippen molar-refractivity contribution in [3.63, 3.8) is 0 Å². The number of fused-ring (bicyclic) bond motifs is 1. The van der Waals surface area contributed by atoms with E-state index in [4.69, 9.17) is 5.11 Å². The molecule has 4 aromatic rings. The standard InChI is InChI=1S/C17H10F2N4O.C7H12O2/c18-11-5-12(19)16-14(6-11)22-17(23-16)10-1-3-13(20-8-10)9-2-4-15(24)21-7-9;8-7(9)6-4-2-1-3-5-6/h1-8H,(H,21,24)(H,22,23);6H,1-5H2,(H,8,9). The highest BCUT2D eigenvalue weighted by molar-refractivity contribution is 5.80. The third-order valence-corrected chi connectivity index (χ3v) is 5.58. The van der Waals surface area contributed by atoms with E-state index in [1.807, 2.05) is 0 Å². The van der Waals surface area contributed by atoms with Crippen molar-refractivity contribution in [3.8, 4) is 22.6 Å². The van der Waals surface area contributed by atoms with Gasteiger partial charge in [0.1, 0.15) is 17.2 Å². The van der Waals surface area contributed by atoms with Crippen LogP contribution in [0.15, 0.2) is 53.6 Å². The number of carbonyl (C=O) groups is 1. The molecule has 1 aliphatic rings. The molecular weight excluding hydrogens is 430 g/mol. The van der Waals surface area contributed by atoms with Crippen LogP contribution in [0.3, 0.4) is 0 Å². The van der Waals surface area contributed by atoms with E-state index in [2.05, 4.69) is 19.9 Å². The van der Waals surface area contributed by atoms with Crippen LogP contribution in [0.2, 0.25) is 0 Å². The van der Waals surface area contributed by atoms with E-state index in [9.17, 15) is 18.4 Å². The minimum Gasteiger partial charge on any atom is -0.481 e. The molecule has 0 aliphatic heterocycles. The number of nitrogens with one attached hydrogen (secondary N) is 2. The highest BCUT2D eigenvalue weighted by Gasteiger charge is 2.19. The number of rotatable bonds is 3. The molecule has 3 N–H and O–H groups in total. The number of nitrogens with zero attached hydrogens (tertiary/aromatic N) is 2. The lowest BCUT2D eigenvalue weighted by atomic mass is 9.90. The molecule has 0 bridgehead atoms. The number of hydrogen-bond donors (Lipinski definition) is 3. The Labute approximate surface area is 187 Å². The van der Waals surface area contributed by atoms with Gasteiger partial charge >= 0.3 is 5.97 Å². The number of benzene rings is 1. The van der Waals surface area contributed by atoms with Gasteiger partial charge in [-0.2, -0.15) is 0 Å². The Morgan fingerprint density at radius 1 is 1.03 bits per heavy atom. The molecule has 9 heteroatoms. The largest absolute Gasteiger partial charge is 0.481 e. The SMILES string of the molecule is O=C(O)C1CCCCC1.O=c1ccc(-c2ccc(-c3nc4c(F)cc(F)cc4[nH]3)cn2)c[nH]1. The van der Waals surface area contributed by atoms with E-state index in [0.717, 1.165) is 37.3 Å². The number of pyridine rings is 2. The number of carboxylic acid groups (broad SMARTS) is 1. The Balaban J connectivity index is 0.000000243. The van der Waals surface area contributed by atoms with E-state index in [1.165, 1.54) is 18.6 Å². The number of halogens is 2. The summed E-state index contributed by atoms with van der Waals surface area (Å²) in [5.74, 6) is -1.62. The molecule has 1 saturated carbocycles. The smallest absolute Gasteiger partial charge is 0.306 e. The van der Waals surface area contributed by atoms with Crippen LogP contribution in [0, 0.1) is 17.6 Å². The van der Waals surface area contributed by atoms with Crippen LogP contribution < -0.4 is 5.56 Å². The van der Waals surface area contributed by atoms with Crippen molar-refractivity contribution in [3.05, 3.63) is 70.8 Å². The van der Waals surface area contributed by atoms with Crippen molar-refractivity contribution in [1.29, 1.82) is 0 Å². The van der Waals surface area contributed by atoms with Gasteiger partial charge in [-0.05, 0) is 37.1 Å². The Kier molecular flexibility index (Phi) is 6.58. The van der Waals surface area contributed by atoms with Crippen molar-refractivity contribution < 1.29 is 18.7 Å². The van der Waals surface area contributed by atoms with Gasteiger partial charge in [0.05, 0.1) is 17.1 Å². The van der Waals surface area contributed by atoms with Gasteiger partial charge in [-0.15, -0.1) is 0 Å². The van der Waals surface area contributed by atoms with E-state index in [-0.39, 0.29) is 22.5 Å². The van der Waals surface area contributed by atoms with Crippen molar-refractivity contribution in [2.24, 2.45) is 5.92 Å². The summed E-state index contributed by atoms with van der Waals surface area (Å²) < 4.78 is 27.0. The summed E-state index contributed by atoms with van der Waals surface area (Å²) in [4.78, 5) is 35.4. The monoisotopic (exact) mass is 452 g/mol. The number of carboxylic acids is 1. The topological polar surface area (TPSA) is 112 Å². The Bertz CT molecular complexity index is 1310. The van der Waals surface area contributed by atoms with Crippen LogP contribution in [-0.4, -0.2) is 31.0 Å². The molecule has 0 radical (unpaired) electrons. The fraction of sp³-hybridized carbons (Fsp3) is 0.250. The van der Waals surface area contributed by atoms with E-state index in [1.54, 1.807) is 30.6 Å². The summed E-state index contributed by atoms with van der Waals surface area (Å²) in [6.45, 7) is 0. The van der Waals surface area contributed by atoms with Gasteiger partial charge in [0.15, 0.2) is 5.82 Å². The molecule has 1 aromatic carbocycles. The number of aliphatic carboxylic acids is 1. The zero-order valence-electron chi connectivity index (χ0n) is 17.6. The quantitative estimate of drug-likeness (QED) is 0.409. The maximum Gasteiger partial charge on any atom is 0.306 e. The molecule has 3 heterocycles. The van der Waals surface area contributed by atoms with Crippen LogP contribution in [0.25, 0.3) is 33.7 Å². The van der Waals surface area contributed by atoms with Gasteiger partial charge in [-0.3, -0.25) is 14.6 Å². The molecule has 5 rings (SSSR count). The molecular formula is C24H22F2N4O3. The van der Waals surface area contributed by atoms with Crippen LogP contribution >= 0.6 is 0 Å². The maximum absolute atomic E-state index is 13.7. The second-order valence-corrected chi connectivity index (χ2v) is 7.92. The maximum atomic E-state index is 13.7. The summed E-state index contributed by atoms with van der Waals surface area (Å²) in [7, 11) is 0. The molecule has 0 spiro atoms. The first-order valence-electron chi connectivity index (χ1n) is 10.6.